The number of carbonyl (C=O) groups is 5. The highest BCUT2D eigenvalue weighted by atomic mass is 35.5. The van der Waals surface area contributed by atoms with E-state index in [4.69, 9.17) is 48.3 Å². The van der Waals surface area contributed by atoms with Crippen molar-refractivity contribution in [1.82, 2.24) is 26.2 Å². The molecule has 0 saturated carbocycles. The predicted octanol–water partition coefficient (Wildman–Crippen LogP) is 3.09. The smallest absolute Gasteiger partial charge is 0.251 e. The van der Waals surface area contributed by atoms with E-state index in [0.717, 1.165) is 0 Å². The van der Waals surface area contributed by atoms with Crippen molar-refractivity contribution in [3.8, 4) is 40.2 Å². The fourth-order valence-corrected chi connectivity index (χ4v) is 7.14. The Kier molecular flexibility index (Phi) is 17.9. The van der Waals surface area contributed by atoms with Crippen LogP contribution in [0.2, 0.25) is 5.02 Å². The number of hydrogen-bond acceptors (Lipinski definition) is 12. The van der Waals surface area contributed by atoms with Gasteiger partial charge in [0.05, 0.1) is 6.07 Å². The molecule has 0 spiro atoms. The summed E-state index contributed by atoms with van der Waals surface area (Å²) in [5, 5.41) is 20.5. The molecule has 0 aromatic heterocycles. The first-order chi connectivity index (χ1) is 30.9. The molecule has 1 aliphatic heterocycles. The highest BCUT2D eigenvalue weighted by Gasteiger charge is 2.36. The maximum atomic E-state index is 14.7. The quantitative estimate of drug-likeness (QED) is 0.0562. The van der Waals surface area contributed by atoms with Crippen molar-refractivity contribution in [2.45, 2.75) is 56.8 Å². The maximum Gasteiger partial charge on any atom is 0.251 e. The van der Waals surface area contributed by atoms with E-state index in [0.29, 0.717) is 69.7 Å². The standard InChI is InChI=1S/C46H54ClN9O8/c1-28-42(57)55-38(44(59)52-22-19-49)26-29-6-16-39(62-23-20-50)35(25-29)36-27-31(9-17-40(36)63-24-21-51)41(45(60)53-28)56(2)46(61)37(5-3-4-18-48)54-43(58)30-7-12-33(13-8-30)64-34-14-10-32(47)11-15-34/h6-17,25,27-28,37-38,41H,3-5,18,20-24,26,48,50-51H2,1-2H3,(H,52,59)(H,53,60)(H,54,58)(H,55,57)/t28-,37-,38-,41-/m0/s1. The first-order valence-electron chi connectivity index (χ1n) is 20.9. The predicted molar refractivity (Wildman–Crippen MR) is 240 cm³/mol. The third-order valence-electron chi connectivity index (χ3n) is 10.3. The van der Waals surface area contributed by atoms with Gasteiger partial charge < -0.3 is 57.6 Å². The lowest BCUT2D eigenvalue weighted by Crippen LogP contribution is -2.56. The van der Waals surface area contributed by atoms with E-state index >= 15 is 0 Å². The number of nitriles is 1. The Morgan fingerprint density at radius 3 is 2.09 bits per heavy atom. The molecule has 64 heavy (non-hydrogen) atoms. The number of rotatable bonds is 18. The number of nitrogens with two attached hydrogens (primary N) is 3. The molecule has 4 aromatic rings. The summed E-state index contributed by atoms with van der Waals surface area (Å²) >= 11 is 5.99. The van der Waals surface area contributed by atoms with Crippen LogP contribution >= 0.6 is 11.6 Å². The number of fused-ring (bicyclic) bond motifs is 5. The summed E-state index contributed by atoms with van der Waals surface area (Å²) in [5.41, 5.74) is 19.6. The van der Waals surface area contributed by atoms with Gasteiger partial charge in [-0.05, 0) is 117 Å². The van der Waals surface area contributed by atoms with Crippen molar-refractivity contribution in [3.05, 3.63) is 107 Å². The second kappa shape index (κ2) is 23.7. The summed E-state index contributed by atoms with van der Waals surface area (Å²) in [6.07, 6.45) is 1.24. The van der Waals surface area contributed by atoms with Gasteiger partial charge in [-0.25, -0.2) is 0 Å². The Hall–Kier alpha value is -6.71. The molecule has 0 fully saturated rings. The molecule has 1 heterocycles. The van der Waals surface area contributed by atoms with Gasteiger partial charge in [0.15, 0.2) is 0 Å². The van der Waals surface area contributed by atoms with Crippen molar-refractivity contribution in [2.75, 3.05) is 46.4 Å². The molecule has 10 N–H and O–H groups in total. The molecule has 4 bridgehead atoms. The van der Waals surface area contributed by atoms with E-state index < -0.39 is 53.7 Å². The van der Waals surface area contributed by atoms with E-state index in [1.807, 2.05) is 6.07 Å². The van der Waals surface area contributed by atoms with E-state index in [1.54, 1.807) is 84.9 Å². The maximum absolute atomic E-state index is 14.7. The highest BCUT2D eigenvalue weighted by Crippen LogP contribution is 2.40. The van der Waals surface area contributed by atoms with Gasteiger partial charge >= 0.3 is 0 Å². The van der Waals surface area contributed by atoms with Crippen LogP contribution < -0.4 is 52.7 Å². The minimum atomic E-state index is -1.38. The van der Waals surface area contributed by atoms with Gasteiger partial charge in [0.1, 0.15) is 66.9 Å². The molecular formula is C46H54ClN9O8. The van der Waals surface area contributed by atoms with Crippen LogP contribution in [0.5, 0.6) is 23.0 Å². The van der Waals surface area contributed by atoms with Crippen LogP contribution in [0.15, 0.2) is 84.9 Å². The number of amides is 5. The largest absolute Gasteiger partial charge is 0.492 e. The average molecular weight is 896 g/mol. The molecule has 17 nitrogen and oxygen atoms in total. The fraction of sp³-hybridized carbons (Fsp3) is 0.348. The van der Waals surface area contributed by atoms with E-state index in [9.17, 15) is 24.0 Å². The summed E-state index contributed by atoms with van der Waals surface area (Å²) in [4.78, 5) is 71.4. The number of likely N-dealkylation sites (N-methyl/N-ethyl adjacent to an activating group) is 1. The van der Waals surface area contributed by atoms with Crippen LogP contribution in [0.3, 0.4) is 0 Å². The van der Waals surface area contributed by atoms with Crippen LogP contribution in [-0.2, 0) is 25.6 Å². The molecule has 5 amide bonds. The Bertz CT molecular complexity index is 2310. The monoisotopic (exact) mass is 895 g/mol. The Labute approximate surface area is 376 Å². The van der Waals surface area contributed by atoms with Gasteiger partial charge in [0.25, 0.3) is 5.91 Å². The van der Waals surface area contributed by atoms with Gasteiger partial charge in [-0.2, -0.15) is 5.26 Å². The van der Waals surface area contributed by atoms with Crippen LogP contribution in [0.25, 0.3) is 11.1 Å². The molecule has 18 heteroatoms. The third-order valence-corrected chi connectivity index (χ3v) is 10.5. The summed E-state index contributed by atoms with van der Waals surface area (Å²) in [6, 6.07) is 20.4. The van der Waals surface area contributed by atoms with E-state index in [1.165, 1.54) is 18.9 Å². The molecule has 5 rings (SSSR count). The molecule has 4 aromatic carbocycles. The Morgan fingerprint density at radius 1 is 0.844 bits per heavy atom. The highest BCUT2D eigenvalue weighted by molar-refractivity contribution is 6.30. The van der Waals surface area contributed by atoms with Gasteiger partial charge in [-0.3, -0.25) is 24.0 Å². The second-order valence-corrected chi connectivity index (χ2v) is 15.4. The Morgan fingerprint density at radius 2 is 1.47 bits per heavy atom. The number of ether oxygens (including phenoxy) is 3. The fourth-order valence-electron chi connectivity index (χ4n) is 7.01. The van der Waals surface area contributed by atoms with Crippen molar-refractivity contribution in [3.63, 3.8) is 0 Å². The molecule has 338 valence electrons. The van der Waals surface area contributed by atoms with Crippen molar-refractivity contribution < 1.29 is 38.2 Å². The lowest BCUT2D eigenvalue weighted by Gasteiger charge is -2.32. The number of benzene rings is 4. The summed E-state index contributed by atoms with van der Waals surface area (Å²) < 4.78 is 18.1. The zero-order valence-corrected chi connectivity index (χ0v) is 36.5. The summed E-state index contributed by atoms with van der Waals surface area (Å²) in [5.74, 6) is -1.39. The van der Waals surface area contributed by atoms with Crippen molar-refractivity contribution in [2.24, 2.45) is 17.2 Å². The number of nitrogens with one attached hydrogen (secondary N) is 4. The average Bonchev–Trinajstić information content (AvgIpc) is 3.29. The zero-order chi connectivity index (χ0) is 46.2. The van der Waals surface area contributed by atoms with Gasteiger partial charge in [0, 0.05) is 48.3 Å². The first-order valence-corrected chi connectivity index (χ1v) is 21.2. The molecule has 0 radical (unpaired) electrons. The van der Waals surface area contributed by atoms with Crippen LogP contribution in [-0.4, -0.2) is 99.0 Å². The van der Waals surface area contributed by atoms with Crippen LogP contribution in [0.1, 0.15) is 53.7 Å². The van der Waals surface area contributed by atoms with Gasteiger partial charge in [-0.15, -0.1) is 0 Å². The number of unbranched alkanes of at least 4 members (excludes halogenated alkanes) is 1. The summed E-state index contributed by atoms with van der Waals surface area (Å²) in [6.45, 7) is 2.18. The van der Waals surface area contributed by atoms with Gasteiger partial charge in [0.2, 0.25) is 23.6 Å². The normalized spacial score (nSPS) is 16.4. The summed E-state index contributed by atoms with van der Waals surface area (Å²) in [7, 11) is 1.44. The van der Waals surface area contributed by atoms with E-state index in [2.05, 4.69) is 21.3 Å². The number of carbonyl (C=O) groups excluding carboxylic acids is 5. The minimum Gasteiger partial charge on any atom is -0.492 e. The molecule has 0 unspecified atom stereocenters. The number of halogens is 1. The molecular weight excluding hydrogens is 842 g/mol. The topological polar surface area (TPSA) is 266 Å². The van der Waals surface area contributed by atoms with Crippen LogP contribution in [0, 0.1) is 11.3 Å². The minimum absolute atomic E-state index is 0.00494. The van der Waals surface area contributed by atoms with Crippen LogP contribution in [0.4, 0.5) is 0 Å². The van der Waals surface area contributed by atoms with Crippen molar-refractivity contribution >= 4 is 41.1 Å². The molecule has 0 aliphatic carbocycles. The zero-order valence-electron chi connectivity index (χ0n) is 35.7. The second-order valence-electron chi connectivity index (χ2n) is 15.0. The number of hydrogen-bond donors (Lipinski definition) is 7. The van der Waals surface area contributed by atoms with Crippen molar-refractivity contribution in [1.29, 1.82) is 5.26 Å². The third kappa shape index (κ3) is 12.9. The number of nitrogens with zero attached hydrogens (tertiary/aromatic N) is 2. The lowest BCUT2D eigenvalue weighted by molar-refractivity contribution is -0.141. The SMILES string of the molecule is C[C@@H]1NC(=O)[C@@H](N(C)C(=O)[C@H](CCCCN)NC(=O)c2ccc(Oc3ccc(Cl)cc3)cc2)c2ccc(OCCN)c(c2)-c2cc(ccc2OCCN)C[C@@H](C(=O)NCC#N)NC1=O. The van der Waals surface area contributed by atoms with E-state index in [-0.39, 0.29) is 51.3 Å². The molecule has 1 aliphatic rings. The lowest BCUT2D eigenvalue weighted by atomic mass is 9.93. The first kappa shape index (κ1) is 48.3. The molecule has 0 saturated heterocycles. The van der Waals surface area contributed by atoms with Gasteiger partial charge in [-0.1, -0.05) is 23.7 Å². The Balaban J connectivity index is 1.56. The molecule has 4 atom stereocenters.